The molecule has 3 aromatic carbocycles. The molecule has 0 spiro atoms. The summed E-state index contributed by atoms with van der Waals surface area (Å²) in [7, 11) is 1.65. The van der Waals surface area contributed by atoms with Gasteiger partial charge in [-0.2, -0.15) is 0 Å². The molecule has 170 valence electrons. The molecule has 0 radical (unpaired) electrons. The second kappa shape index (κ2) is 11.3. The number of hydrogen-bond acceptors (Lipinski definition) is 4. The molecule has 1 aliphatic carbocycles. The van der Waals surface area contributed by atoms with Crippen LogP contribution in [0.2, 0.25) is 0 Å². The van der Waals surface area contributed by atoms with Gasteiger partial charge in [0.2, 0.25) is 0 Å². The Kier molecular flexibility index (Phi) is 7.77. The molecule has 0 aromatic heterocycles. The topological polar surface area (TPSA) is 56.8 Å². The quantitative estimate of drug-likeness (QED) is 0.411. The van der Waals surface area contributed by atoms with E-state index in [2.05, 4.69) is 29.6 Å². The average molecular weight is 444 g/mol. The van der Waals surface area contributed by atoms with Gasteiger partial charge in [0.1, 0.15) is 19.0 Å². The zero-order valence-electron chi connectivity index (χ0n) is 18.8. The smallest absolute Gasteiger partial charge is 0.407 e. The van der Waals surface area contributed by atoms with Gasteiger partial charge in [0.05, 0.1) is 6.61 Å². The van der Waals surface area contributed by atoms with Gasteiger partial charge < -0.3 is 19.5 Å². The molecule has 0 saturated carbocycles. The molecule has 0 aliphatic heterocycles. The number of carbonyl (C=O) groups is 1. The lowest BCUT2D eigenvalue weighted by Gasteiger charge is -2.14. The number of hydrogen-bond donors (Lipinski definition) is 1. The number of carbonyl (C=O) groups excluding carboxylic acids is 1. The second-order valence-corrected chi connectivity index (χ2v) is 7.85. The number of amides is 1. The highest BCUT2D eigenvalue weighted by molar-refractivity contribution is 5.79. The first kappa shape index (κ1) is 22.6. The van der Waals surface area contributed by atoms with Gasteiger partial charge in [0, 0.05) is 19.6 Å². The molecule has 0 heterocycles. The summed E-state index contributed by atoms with van der Waals surface area (Å²) in [6, 6.07) is 24.5. The fourth-order valence-electron chi connectivity index (χ4n) is 4.04. The van der Waals surface area contributed by atoms with Crippen LogP contribution in [-0.2, 0) is 9.47 Å². The molecule has 0 fully saturated rings. The summed E-state index contributed by atoms with van der Waals surface area (Å²) < 4.78 is 16.1. The maximum absolute atomic E-state index is 12.2. The monoisotopic (exact) mass is 443 g/mol. The van der Waals surface area contributed by atoms with E-state index in [0.717, 1.165) is 17.7 Å². The van der Waals surface area contributed by atoms with Crippen LogP contribution < -0.4 is 10.1 Å². The molecule has 5 heteroatoms. The summed E-state index contributed by atoms with van der Waals surface area (Å²) in [5.74, 6) is 0.894. The summed E-state index contributed by atoms with van der Waals surface area (Å²) >= 11 is 0. The number of methoxy groups -OCH3 is 1. The van der Waals surface area contributed by atoms with E-state index >= 15 is 0 Å². The summed E-state index contributed by atoms with van der Waals surface area (Å²) in [6.45, 7) is 1.95. The van der Waals surface area contributed by atoms with E-state index < -0.39 is 0 Å². The summed E-state index contributed by atoms with van der Waals surface area (Å²) in [5, 5.41) is 2.83. The third-order valence-corrected chi connectivity index (χ3v) is 5.67. The van der Waals surface area contributed by atoms with E-state index in [9.17, 15) is 4.79 Å². The van der Waals surface area contributed by atoms with E-state index in [1.54, 1.807) is 7.11 Å². The predicted octanol–water partition coefficient (Wildman–Crippen LogP) is 5.65. The maximum Gasteiger partial charge on any atom is 0.407 e. The van der Waals surface area contributed by atoms with Gasteiger partial charge in [-0.25, -0.2) is 4.79 Å². The number of ether oxygens (including phenoxy) is 3. The third-order valence-electron chi connectivity index (χ3n) is 5.67. The first-order valence-corrected chi connectivity index (χ1v) is 11.2. The molecular weight excluding hydrogens is 414 g/mol. The first-order chi connectivity index (χ1) is 16.3. The molecule has 0 saturated heterocycles. The van der Waals surface area contributed by atoms with Crippen molar-refractivity contribution < 1.29 is 19.0 Å². The van der Waals surface area contributed by atoms with Crippen molar-refractivity contribution in [2.45, 2.75) is 12.3 Å². The summed E-state index contributed by atoms with van der Waals surface area (Å²) in [6.07, 6.45) is 4.39. The summed E-state index contributed by atoms with van der Waals surface area (Å²) in [5.41, 5.74) is 5.95. The Labute approximate surface area is 195 Å². The number of fused-ring (bicyclic) bond motifs is 3. The molecule has 0 atom stereocenters. The molecular formula is C28H29NO4. The highest BCUT2D eigenvalue weighted by Gasteiger charge is 2.28. The van der Waals surface area contributed by atoms with Gasteiger partial charge in [-0.3, -0.25) is 0 Å². The first-order valence-electron chi connectivity index (χ1n) is 11.2. The zero-order chi connectivity index (χ0) is 22.9. The molecule has 1 N–H and O–H groups in total. The zero-order valence-corrected chi connectivity index (χ0v) is 18.8. The van der Waals surface area contributed by atoms with Gasteiger partial charge in [-0.1, -0.05) is 72.8 Å². The van der Waals surface area contributed by atoms with E-state index in [4.69, 9.17) is 14.2 Å². The standard InChI is InChI=1S/C28H29NO4/c1-31-18-19-32-22-15-13-21(14-16-22)8-6-7-17-29-28(30)33-20-27-25-11-4-2-9-23(25)24-10-3-5-12-26(24)27/h2-6,8-16,27H,7,17-20H2,1H3,(H,29,30). The van der Waals surface area contributed by atoms with Crippen molar-refractivity contribution in [3.63, 3.8) is 0 Å². The van der Waals surface area contributed by atoms with Crippen molar-refractivity contribution in [3.05, 3.63) is 95.6 Å². The second-order valence-electron chi connectivity index (χ2n) is 7.85. The van der Waals surface area contributed by atoms with Gasteiger partial charge in [0.15, 0.2) is 0 Å². The van der Waals surface area contributed by atoms with Crippen molar-refractivity contribution in [1.82, 2.24) is 5.32 Å². The van der Waals surface area contributed by atoms with Crippen LogP contribution in [0, 0.1) is 0 Å². The Bertz CT molecular complexity index is 1050. The highest BCUT2D eigenvalue weighted by Crippen LogP contribution is 2.44. The number of alkyl carbamates (subject to hydrolysis) is 1. The van der Waals surface area contributed by atoms with Crippen LogP contribution >= 0.6 is 0 Å². The van der Waals surface area contributed by atoms with E-state index in [1.165, 1.54) is 22.3 Å². The van der Waals surface area contributed by atoms with E-state index in [0.29, 0.717) is 26.4 Å². The van der Waals surface area contributed by atoms with E-state index in [1.807, 2.05) is 60.7 Å². The minimum atomic E-state index is -0.386. The minimum Gasteiger partial charge on any atom is -0.491 e. The minimum absolute atomic E-state index is 0.0736. The van der Waals surface area contributed by atoms with Crippen LogP contribution in [0.1, 0.15) is 29.0 Å². The molecule has 0 unspecified atom stereocenters. The number of benzene rings is 3. The molecule has 5 nitrogen and oxygen atoms in total. The van der Waals surface area contributed by atoms with Crippen LogP contribution in [0.4, 0.5) is 4.79 Å². The SMILES string of the molecule is COCCOc1ccc(C=CCCNC(=O)OCC2c3ccccc3-c3ccccc32)cc1. The molecule has 1 aliphatic rings. The Hall–Kier alpha value is -3.57. The summed E-state index contributed by atoms with van der Waals surface area (Å²) in [4.78, 5) is 12.2. The Morgan fingerprint density at radius 2 is 1.58 bits per heavy atom. The highest BCUT2D eigenvalue weighted by atomic mass is 16.5. The van der Waals surface area contributed by atoms with E-state index in [-0.39, 0.29) is 12.0 Å². The predicted molar refractivity (Wildman–Crippen MR) is 131 cm³/mol. The normalized spacial score (nSPS) is 12.4. The number of rotatable bonds is 10. The Balaban J connectivity index is 1.20. The lowest BCUT2D eigenvalue weighted by Crippen LogP contribution is -2.26. The largest absolute Gasteiger partial charge is 0.491 e. The van der Waals surface area contributed by atoms with Crippen LogP contribution in [-0.4, -0.2) is 39.6 Å². The van der Waals surface area contributed by atoms with Crippen LogP contribution in [0.15, 0.2) is 78.9 Å². The van der Waals surface area contributed by atoms with Crippen LogP contribution in [0.5, 0.6) is 5.75 Å². The third kappa shape index (κ3) is 5.82. The molecule has 1 amide bonds. The number of nitrogens with one attached hydrogen (secondary N) is 1. The van der Waals surface area contributed by atoms with Gasteiger partial charge in [-0.05, 0) is 46.4 Å². The van der Waals surface area contributed by atoms with Crippen molar-refractivity contribution in [2.75, 3.05) is 33.5 Å². The Morgan fingerprint density at radius 1 is 0.909 bits per heavy atom. The molecule has 0 bridgehead atoms. The van der Waals surface area contributed by atoms with Gasteiger partial charge >= 0.3 is 6.09 Å². The van der Waals surface area contributed by atoms with Crippen LogP contribution in [0.3, 0.4) is 0 Å². The molecule has 33 heavy (non-hydrogen) atoms. The van der Waals surface area contributed by atoms with Crippen molar-refractivity contribution in [1.29, 1.82) is 0 Å². The Morgan fingerprint density at radius 3 is 2.24 bits per heavy atom. The fourth-order valence-corrected chi connectivity index (χ4v) is 4.04. The molecule has 4 rings (SSSR count). The van der Waals surface area contributed by atoms with Crippen molar-refractivity contribution >= 4 is 12.2 Å². The maximum atomic E-state index is 12.2. The lowest BCUT2D eigenvalue weighted by molar-refractivity contribution is 0.143. The van der Waals surface area contributed by atoms with Crippen LogP contribution in [0.25, 0.3) is 17.2 Å². The van der Waals surface area contributed by atoms with Gasteiger partial charge in [0.25, 0.3) is 0 Å². The molecule has 3 aromatic rings. The van der Waals surface area contributed by atoms with Crippen molar-refractivity contribution in [2.24, 2.45) is 0 Å². The van der Waals surface area contributed by atoms with Gasteiger partial charge in [-0.15, -0.1) is 0 Å². The van der Waals surface area contributed by atoms with Crippen molar-refractivity contribution in [3.8, 4) is 16.9 Å². The fraction of sp³-hybridized carbons (Fsp3) is 0.250. The average Bonchev–Trinajstić information content (AvgIpc) is 3.17. The lowest BCUT2D eigenvalue weighted by atomic mass is 9.98.